The predicted molar refractivity (Wildman–Crippen MR) is 103 cm³/mol. The Morgan fingerprint density at radius 3 is 2.50 bits per heavy atom. The van der Waals surface area contributed by atoms with Gasteiger partial charge in [-0.2, -0.15) is 0 Å². The maximum Gasteiger partial charge on any atom is 0.295 e. The highest BCUT2D eigenvalue weighted by atomic mass is 19.1. The van der Waals surface area contributed by atoms with Crippen molar-refractivity contribution in [2.75, 3.05) is 27.2 Å². The number of halogens is 1. The van der Waals surface area contributed by atoms with Crippen molar-refractivity contribution in [1.82, 2.24) is 14.8 Å². The monoisotopic (exact) mass is 383 g/mol. The molecule has 0 unspecified atom stereocenters. The van der Waals surface area contributed by atoms with Gasteiger partial charge in [-0.3, -0.25) is 14.6 Å². The van der Waals surface area contributed by atoms with Gasteiger partial charge < -0.3 is 14.9 Å². The van der Waals surface area contributed by atoms with Gasteiger partial charge >= 0.3 is 0 Å². The zero-order valence-corrected chi connectivity index (χ0v) is 15.8. The standard InChI is InChI=1S/C21H22FN3O3/c1-24(2)12-5-13-25-18(16-6-3-4-11-23-16)17(20(27)21(25)28)19(26)14-7-9-15(22)10-8-14/h3-4,6-11,18,26H,5,12-13H2,1-2H3/b19-17+/t18-/m0/s1. The lowest BCUT2D eigenvalue weighted by atomic mass is 9.98. The second kappa shape index (κ2) is 8.31. The Bertz CT molecular complexity index is 895. The quantitative estimate of drug-likeness (QED) is 0.472. The molecule has 0 saturated carbocycles. The minimum atomic E-state index is -0.784. The molecule has 1 amide bonds. The van der Waals surface area contributed by atoms with Crippen LogP contribution in [0.25, 0.3) is 5.76 Å². The number of aromatic nitrogens is 1. The lowest BCUT2D eigenvalue weighted by Gasteiger charge is -2.25. The van der Waals surface area contributed by atoms with Crippen LogP contribution in [0.4, 0.5) is 4.39 Å². The number of likely N-dealkylation sites (tertiary alicyclic amines) is 1. The lowest BCUT2D eigenvalue weighted by Crippen LogP contribution is -2.32. The van der Waals surface area contributed by atoms with Crippen molar-refractivity contribution in [2.24, 2.45) is 0 Å². The van der Waals surface area contributed by atoms with Gasteiger partial charge in [0.2, 0.25) is 0 Å². The molecule has 146 valence electrons. The minimum Gasteiger partial charge on any atom is -0.507 e. The fraction of sp³-hybridized carbons (Fsp3) is 0.286. The summed E-state index contributed by atoms with van der Waals surface area (Å²) in [5.41, 5.74) is 0.740. The largest absolute Gasteiger partial charge is 0.507 e. The minimum absolute atomic E-state index is 0.0276. The summed E-state index contributed by atoms with van der Waals surface area (Å²) in [7, 11) is 3.86. The van der Waals surface area contributed by atoms with Crippen molar-refractivity contribution in [3.63, 3.8) is 0 Å². The average Bonchev–Trinajstić information content (AvgIpc) is 2.93. The highest BCUT2D eigenvalue weighted by molar-refractivity contribution is 6.46. The van der Waals surface area contributed by atoms with Gasteiger partial charge in [-0.1, -0.05) is 6.07 Å². The maximum absolute atomic E-state index is 13.2. The van der Waals surface area contributed by atoms with Crippen LogP contribution in [0.1, 0.15) is 23.7 Å². The number of ketones is 1. The predicted octanol–water partition coefficient (Wildman–Crippen LogP) is 2.59. The fourth-order valence-electron chi connectivity index (χ4n) is 3.28. The van der Waals surface area contributed by atoms with Crippen molar-refractivity contribution in [1.29, 1.82) is 0 Å². The zero-order chi connectivity index (χ0) is 20.3. The molecular formula is C21H22FN3O3. The highest BCUT2D eigenvalue weighted by Crippen LogP contribution is 2.38. The second-order valence-corrected chi connectivity index (χ2v) is 6.91. The number of aliphatic hydroxyl groups is 1. The Hall–Kier alpha value is -3.06. The van der Waals surface area contributed by atoms with Gasteiger partial charge in [-0.15, -0.1) is 0 Å². The number of Topliss-reactive ketones (excluding diaryl/α,β-unsaturated/α-hetero) is 1. The van der Waals surface area contributed by atoms with E-state index in [1.165, 1.54) is 29.2 Å². The molecule has 2 heterocycles. The molecule has 3 rings (SSSR count). The Balaban J connectivity index is 2.06. The van der Waals surface area contributed by atoms with Crippen LogP contribution >= 0.6 is 0 Å². The Morgan fingerprint density at radius 2 is 1.89 bits per heavy atom. The number of nitrogens with zero attached hydrogens (tertiary/aromatic N) is 3. The molecule has 0 spiro atoms. The molecule has 1 atom stereocenters. The molecule has 1 aliphatic heterocycles. The van der Waals surface area contributed by atoms with Crippen molar-refractivity contribution in [3.05, 3.63) is 71.3 Å². The summed E-state index contributed by atoms with van der Waals surface area (Å²) in [6, 6.07) is 9.57. The first kappa shape index (κ1) is 19.7. The first-order valence-electron chi connectivity index (χ1n) is 9.00. The second-order valence-electron chi connectivity index (χ2n) is 6.91. The molecule has 1 aromatic heterocycles. The third kappa shape index (κ3) is 3.94. The molecule has 28 heavy (non-hydrogen) atoms. The van der Waals surface area contributed by atoms with Crippen LogP contribution in [0.5, 0.6) is 0 Å². The summed E-state index contributed by atoms with van der Waals surface area (Å²) < 4.78 is 13.2. The molecule has 6 nitrogen and oxygen atoms in total. The van der Waals surface area contributed by atoms with Gasteiger partial charge in [0.05, 0.1) is 11.3 Å². The van der Waals surface area contributed by atoms with Gasteiger partial charge in [0.25, 0.3) is 11.7 Å². The third-order valence-corrected chi connectivity index (χ3v) is 4.63. The summed E-state index contributed by atoms with van der Waals surface area (Å²) in [6.07, 6.45) is 2.24. The number of aliphatic hydroxyl groups excluding tert-OH is 1. The molecule has 0 bridgehead atoms. The molecule has 1 fully saturated rings. The molecular weight excluding hydrogens is 361 g/mol. The summed E-state index contributed by atoms with van der Waals surface area (Å²) in [5, 5.41) is 10.8. The van der Waals surface area contributed by atoms with E-state index in [0.717, 1.165) is 6.54 Å². The van der Waals surface area contributed by atoms with Gasteiger partial charge in [0, 0.05) is 18.3 Å². The number of carbonyl (C=O) groups excluding carboxylic acids is 2. The maximum atomic E-state index is 13.2. The number of benzene rings is 1. The van der Waals surface area contributed by atoms with Gasteiger partial charge in [0.15, 0.2) is 0 Å². The molecule has 1 saturated heterocycles. The molecule has 2 aromatic rings. The lowest BCUT2D eigenvalue weighted by molar-refractivity contribution is -0.140. The van der Waals surface area contributed by atoms with E-state index >= 15 is 0 Å². The van der Waals surface area contributed by atoms with E-state index in [9.17, 15) is 19.1 Å². The van der Waals surface area contributed by atoms with E-state index in [1.807, 2.05) is 19.0 Å². The van der Waals surface area contributed by atoms with Crippen LogP contribution < -0.4 is 0 Å². The van der Waals surface area contributed by atoms with E-state index in [4.69, 9.17) is 0 Å². The number of carbonyl (C=O) groups is 2. The number of hydrogen-bond acceptors (Lipinski definition) is 5. The first-order valence-corrected chi connectivity index (χ1v) is 9.00. The van der Waals surface area contributed by atoms with Crippen molar-refractivity contribution >= 4 is 17.4 Å². The van der Waals surface area contributed by atoms with Crippen LogP contribution in [-0.4, -0.2) is 58.8 Å². The molecule has 1 aliphatic rings. The van der Waals surface area contributed by atoms with Gasteiger partial charge in [-0.25, -0.2) is 4.39 Å². The first-order chi connectivity index (χ1) is 13.4. The van der Waals surface area contributed by atoms with Crippen LogP contribution in [-0.2, 0) is 9.59 Å². The summed E-state index contributed by atoms with van der Waals surface area (Å²) in [4.78, 5) is 33.2. The highest BCUT2D eigenvalue weighted by Gasteiger charge is 2.46. The Kier molecular flexibility index (Phi) is 5.84. The number of amides is 1. The van der Waals surface area contributed by atoms with Crippen molar-refractivity contribution < 1.29 is 19.1 Å². The topological polar surface area (TPSA) is 73.7 Å². The van der Waals surface area contributed by atoms with Crippen molar-refractivity contribution in [3.8, 4) is 0 Å². The van der Waals surface area contributed by atoms with Crippen molar-refractivity contribution in [2.45, 2.75) is 12.5 Å². The normalized spacial score (nSPS) is 18.9. The SMILES string of the molecule is CN(C)CCCN1C(=O)C(=O)/C(=C(/O)c2ccc(F)cc2)[C@@H]1c1ccccn1. The average molecular weight is 383 g/mol. The Labute approximate surface area is 162 Å². The Morgan fingerprint density at radius 1 is 1.18 bits per heavy atom. The van der Waals surface area contributed by atoms with E-state index in [-0.39, 0.29) is 16.9 Å². The fourth-order valence-corrected chi connectivity index (χ4v) is 3.28. The van der Waals surface area contributed by atoms with E-state index in [1.54, 1.807) is 24.4 Å². The molecule has 0 aliphatic carbocycles. The summed E-state index contributed by atoms with van der Waals surface area (Å²) in [6.45, 7) is 1.10. The molecule has 7 heteroatoms. The number of pyridine rings is 1. The zero-order valence-electron chi connectivity index (χ0n) is 15.8. The third-order valence-electron chi connectivity index (χ3n) is 4.63. The van der Waals surface area contributed by atoms with Crippen LogP contribution in [0.15, 0.2) is 54.2 Å². The van der Waals surface area contributed by atoms with E-state index in [0.29, 0.717) is 18.7 Å². The molecule has 1 N–H and O–H groups in total. The molecule has 0 radical (unpaired) electrons. The van der Waals surface area contributed by atoms with Crippen LogP contribution in [0, 0.1) is 5.82 Å². The summed E-state index contributed by atoms with van der Waals surface area (Å²) in [5.74, 6) is -2.22. The summed E-state index contributed by atoms with van der Waals surface area (Å²) >= 11 is 0. The van der Waals surface area contributed by atoms with E-state index < -0.39 is 23.5 Å². The van der Waals surface area contributed by atoms with Crippen LogP contribution in [0.3, 0.4) is 0 Å². The molecule has 1 aromatic carbocycles. The van der Waals surface area contributed by atoms with Gasteiger partial charge in [-0.05, 0) is 63.5 Å². The number of hydrogen-bond donors (Lipinski definition) is 1. The van der Waals surface area contributed by atoms with Gasteiger partial charge in [0.1, 0.15) is 17.6 Å². The van der Waals surface area contributed by atoms with Crippen LogP contribution in [0.2, 0.25) is 0 Å². The number of rotatable bonds is 6. The smallest absolute Gasteiger partial charge is 0.295 e. The van der Waals surface area contributed by atoms with E-state index in [2.05, 4.69) is 4.98 Å².